The van der Waals surface area contributed by atoms with Crippen molar-refractivity contribution in [1.82, 2.24) is 4.57 Å². The van der Waals surface area contributed by atoms with Gasteiger partial charge in [-0.15, -0.1) is 0 Å². The highest BCUT2D eigenvalue weighted by atomic mass is 35.5. The third-order valence-electron chi connectivity index (χ3n) is 2.52. The summed E-state index contributed by atoms with van der Waals surface area (Å²) < 4.78 is 1.84. The van der Waals surface area contributed by atoms with Gasteiger partial charge in [-0.3, -0.25) is 4.79 Å². The number of Topliss-reactive ketones (excluding diaryl/α,β-unsaturated/α-hetero) is 1. The zero-order valence-electron chi connectivity index (χ0n) is 9.28. The minimum Gasteiger partial charge on any atom is -0.357 e. The summed E-state index contributed by atoms with van der Waals surface area (Å²) in [4.78, 5) is 12.0. The van der Waals surface area contributed by atoms with Crippen molar-refractivity contribution >= 4 is 29.0 Å². The van der Waals surface area contributed by atoms with E-state index < -0.39 is 0 Å². The number of hydrogen-bond acceptors (Lipinski definition) is 1. The largest absolute Gasteiger partial charge is 0.357 e. The molecule has 17 heavy (non-hydrogen) atoms. The molecule has 0 atom stereocenters. The summed E-state index contributed by atoms with van der Waals surface area (Å²) in [5, 5.41) is 1.10. The first-order chi connectivity index (χ1) is 8.06. The Morgan fingerprint density at radius 3 is 2.65 bits per heavy atom. The number of carbonyl (C=O) groups is 1. The maximum absolute atomic E-state index is 12.0. The van der Waals surface area contributed by atoms with Crippen molar-refractivity contribution in [2.75, 3.05) is 0 Å². The highest BCUT2D eigenvalue weighted by molar-refractivity contribution is 6.35. The van der Waals surface area contributed by atoms with Crippen LogP contribution in [-0.4, -0.2) is 10.4 Å². The molecule has 0 radical (unpaired) electrons. The van der Waals surface area contributed by atoms with Crippen LogP contribution in [0.2, 0.25) is 10.0 Å². The first-order valence-corrected chi connectivity index (χ1v) is 5.91. The molecule has 0 aliphatic heterocycles. The molecule has 0 saturated heterocycles. The molecule has 0 spiro atoms. The fraction of sp³-hybridized carbons (Fsp3) is 0.154. The van der Waals surface area contributed by atoms with Crippen LogP contribution in [0.25, 0.3) is 0 Å². The Morgan fingerprint density at radius 2 is 2.06 bits per heavy atom. The van der Waals surface area contributed by atoms with Gasteiger partial charge in [-0.05, 0) is 23.8 Å². The SMILES string of the molecule is Cn1ccc(C(=O)Cc2ccc(Cl)cc2Cl)c1. The molecule has 0 unspecified atom stereocenters. The van der Waals surface area contributed by atoms with E-state index in [0.717, 1.165) is 5.56 Å². The fourth-order valence-corrected chi connectivity index (χ4v) is 2.08. The van der Waals surface area contributed by atoms with Gasteiger partial charge < -0.3 is 4.57 Å². The van der Waals surface area contributed by atoms with E-state index in [4.69, 9.17) is 23.2 Å². The van der Waals surface area contributed by atoms with E-state index in [-0.39, 0.29) is 5.78 Å². The highest BCUT2D eigenvalue weighted by Gasteiger charge is 2.10. The van der Waals surface area contributed by atoms with E-state index in [1.807, 2.05) is 17.8 Å². The predicted molar refractivity (Wildman–Crippen MR) is 69.9 cm³/mol. The Balaban J connectivity index is 2.18. The lowest BCUT2D eigenvalue weighted by atomic mass is 10.1. The van der Waals surface area contributed by atoms with Crippen LogP contribution in [0.1, 0.15) is 15.9 Å². The molecule has 88 valence electrons. The van der Waals surface area contributed by atoms with Crippen LogP contribution in [0.3, 0.4) is 0 Å². The Morgan fingerprint density at radius 1 is 1.29 bits per heavy atom. The van der Waals surface area contributed by atoms with E-state index in [0.29, 0.717) is 22.0 Å². The van der Waals surface area contributed by atoms with Gasteiger partial charge in [0, 0.05) is 41.5 Å². The summed E-state index contributed by atoms with van der Waals surface area (Å²) in [7, 11) is 1.88. The van der Waals surface area contributed by atoms with Crippen molar-refractivity contribution in [1.29, 1.82) is 0 Å². The van der Waals surface area contributed by atoms with Gasteiger partial charge >= 0.3 is 0 Å². The topological polar surface area (TPSA) is 22.0 Å². The lowest BCUT2D eigenvalue weighted by molar-refractivity contribution is 0.0993. The number of hydrogen-bond donors (Lipinski definition) is 0. The number of halogens is 2. The summed E-state index contributed by atoms with van der Waals surface area (Å²) in [6, 6.07) is 6.97. The molecule has 2 rings (SSSR count). The third kappa shape index (κ3) is 2.90. The van der Waals surface area contributed by atoms with Crippen molar-refractivity contribution in [2.45, 2.75) is 6.42 Å². The average Bonchev–Trinajstić information content (AvgIpc) is 2.69. The molecule has 2 aromatic rings. The Hall–Kier alpha value is -1.25. The predicted octanol–water partition coefficient (Wildman–Crippen LogP) is 3.76. The zero-order valence-corrected chi connectivity index (χ0v) is 10.8. The van der Waals surface area contributed by atoms with Crippen molar-refractivity contribution in [3.8, 4) is 0 Å². The first-order valence-electron chi connectivity index (χ1n) is 5.15. The minimum atomic E-state index is 0.0508. The molecule has 0 amide bonds. The number of benzene rings is 1. The van der Waals surface area contributed by atoms with E-state index >= 15 is 0 Å². The molecule has 0 saturated carbocycles. The van der Waals surface area contributed by atoms with Gasteiger partial charge in [0.25, 0.3) is 0 Å². The minimum absolute atomic E-state index is 0.0508. The van der Waals surface area contributed by atoms with Crippen LogP contribution < -0.4 is 0 Å². The molecule has 0 bridgehead atoms. The Labute approximate surface area is 110 Å². The Kier molecular flexibility index (Phi) is 3.55. The summed E-state index contributed by atoms with van der Waals surface area (Å²) in [6.45, 7) is 0. The van der Waals surface area contributed by atoms with Gasteiger partial charge in [0.2, 0.25) is 0 Å². The summed E-state index contributed by atoms with van der Waals surface area (Å²) in [6.07, 6.45) is 3.93. The average molecular weight is 268 g/mol. The van der Waals surface area contributed by atoms with Crippen molar-refractivity contribution in [3.05, 3.63) is 57.8 Å². The molecule has 0 aliphatic rings. The van der Waals surface area contributed by atoms with E-state index in [1.165, 1.54) is 0 Å². The molecular weight excluding hydrogens is 257 g/mol. The summed E-state index contributed by atoms with van der Waals surface area (Å²) in [5.41, 5.74) is 1.49. The maximum Gasteiger partial charge on any atom is 0.168 e. The lowest BCUT2D eigenvalue weighted by Crippen LogP contribution is -2.03. The van der Waals surface area contributed by atoms with Gasteiger partial charge in [0.1, 0.15) is 0 Å². The van der Waals surface area contributed by atoms with Crippen LogP contribution in [0, 0.1) is 0 Å². The van der Waals surface area contributed by atoms with Crippen LogP contribution in [0.5, 0.6) is 0 Å². The van der Waals surface area contributed by atoms with Gasteiger partial charge in [-0.25, -0.2) is 0 Å². The second-order valence-electron chi connectivity index (χ2n) is 3.90. The van der Waals surface area contributed by atoms with Crippen LogP contribution >= 0.6 is 23.2 Å². The van der Waals surface area contributed by atoms with Gasteiger partial charge in [0.15, 0.2) is 5.78 Å². The Bertz CT molecular complexity index is 560. The fourth-order valence-electron chi connectivity index (χ4n) is 1.61. The van der Waals surface area contributed by atoms with Crippen LogP contribution in [-0.2, 0) is 13.5 Å². The quantitative estimate of drug-likeness (QED) is 0.777. The molecular formula is C13H11Cl2NO. The molecule has 2 nitrogen and oxygen atoms in total. The van der Waals surface area contributed by atoms with E-state index in [9.17, 15) is 4.79 Å². The molecule has 0 aliphatic carbocycles. The molecule has 4 heteroatoms. The standard InChI is InChI=1S/C13H11Cl2NO/c1-16-5-4-10(8-16)13(17)6-9-2-3-11(14)7-12(9)15/h2-5,7-8H,6H2,1H3. The molecule has 0 N–H and O–H groups in total. The normalized spacial score (nSPS) is 10.5. The van der Waals surface area contributed by atoms with Crippen molar-refractivity contribution in [3.63, 3.8) is 0 Å². The van der Waals surface area contributed by atoms with E-state index in [2.05, 4.69) is 0 Å². The maximum atomic E-state index is 12.0. The van der Waals surface area contributed by atoms with Gasteiger partial charge in [0.05, 0.1) is 0 Å². The lowest BCUT2D eigenvalue weighted by Gasteiger charge is -2.03. The number of nitrogens with zero attached hydrogens (tertiary/aromatic N) is 1. The molecule has 1 aromatic carbocycles. The monoisotopic (exact) mass is 267 g/mol. The van der Waals surface area contributed by atoms with E-state index in [1.54, 1.807) is 30.5 Å². The first kappa shape index (κ1) is 12.2. The van der Waals surface area contributed by atoms with Crippen molar-refractivity contribution < 1.29 is 4.79 Å². The van der Waals surface area contributed by atoms with Crippen LogP contribution in [0.4, 0.5) is 0 Å². The highest BCUT2D eigenvalue weighted by Crippen LogP contribution is 2.22. The number of ketones is 1. The number of carbonyl (C=O) groups excluding carboxylic acids is 1. The smallest absolute Gasteiger partial charge is 0.168 e. The molecule has 1 heterocycles. The van der Waals surface area contributed by atoms with Gasteiger partial charge in [-0.2, -0.15) is 0 Å². The van der Waals surface area contributed by atoms with Gasteiger partial charge in [-0.1, -0.05) is 29.3 Å². The van der Waals surface area contributed by atoms with Crippen LogP contribution in [0.15, 0.2) is 36.7 Å². The second-order valence-corrected chi connectivity index (χ2v) is 4.74. The third-order valence-corrected chi connectivity index (χ3v) is 3.11. The number of aryl methyl sites for hydroxylation is 1. The summed E-state index contributed by atoms with van der Waals surface area (Å²) >= 11 is 11.8. The number of rotatable bonds is 3. The number of aromatic nitrogens is 1. The van der Waals surface area contributed by atoms with Crippen molar-refractivity contribution in [2.24, 2.45) is 7.05 Å². The molecule has 1 aromatic heterocycles. The second kappa shape index (κ2) is 4.94. The summed E-state index contributed by atoms with van der Waals surface area (Å²) in [5.74, 6) is 0.0508. The molecule has 0 fully saturated rings. The zero-order chi connectivity index (χ0) is 12.4.